The van der Waals surface area contributed by atoms with Crippen LogP contribution in [0.1, 0.15) is 16.7 Å². The number of halogens is 1. The molecule has 0 bridgehead atoms. The molecule has 1 amide bonds. The minimum absolute atomic E-state index is 0.349. The molecule has 0 aliphatic carbocycles. The molecule has 2 aromatic carbocycles. The minimum Gasteiger partial charge on any atom is -0.452 e. The summed E-state index contributed by atoms with van der Waals surface area (Å²) in [5.74, 6) is -1.40. The van der Waals surface area contributed by atoms with Crippen molar-refractivity contribution in [2.24, 2.45) is 0 Å². The molecular formula is C19H18FNO3. The Morgan fingerprint density at radius 1 is 1.12 bits per heavy atom. The molecule has 0 unspecified atom stereocenters. The third-order valence-corrected chi connectivity index (χ3v) is 3.51. The van der Waals surface area contributed by atoms with Crippen LogP contribution >= 0.6 is 0 Å². The molecule has 0 aliphatic heterocycles. The number of hydrogen-bond donors (Lipinski definition) is 1. The average molecular weight is 327 g/mol. The summed E-state index contributed by atoms with van der Waals surface area (Å²) < 4.78 is 17.6. The van der Waals surface area contributed by atoms with E-state index in [-0.39, 0.29) is 12.4 Å². The van der Waals surface area contributed by atoms with Crippen molar-refractivity contribution in [2.75, 3.05) is 11.9 Å². The maximum Gasteiger partial charge on any atom is 0.331 e. The van der Waals surface area contributed by atoms with Crippen LogP contribution in [0.4, 0.5) is 10.1 Å². The zero-order valence-corrected chi connectivity index (χ0v) is 13.5. The first-order valence-corrected chi connectivity index (χ1v) is 7.42. The summed E-state index contributed by atoms with van der Waals surface area (Å²) in [6, 6.07) is 11.2. The van der Waals surface area contributed by atoms with E-state index in [0.717, 1.165) is 11.1 Å². The largest absolute Gasteiger partial charge is 0.452 e. The van der Waals surface area contributed by atoms with Gasteiger partial charge < -0.3 is 10.1 Å². The van der Waals surface area contributed by atoms with Gasteiger partial charge in [-0.3, -0.25) is 4.79 Å². The summed E-state index contributed by atoms with van der Waals surface area (Å²) in [4.78, 5) is 23.4. The van der Waals surface area contributed by atoms with Crippen LogP contribution in [0.5, 0.6) is 0 Å². The molecule has 2 aromatic rings. The molecule has 0 saturated carbocycles. The molecule has 1 N–H and O–H groups in total. The van der Waals surface area contributed by atoms with Gasteiger partial charge in [-0.25, -0.2) is 9.18 Å². The number of benzene rings is 2. The van der Waals surface area contributed by atoms with Gasteiger partial charge in [0.05, 0.1) is 0 Å². The quantitative estimate of drug-likeness (QED) is 0.674. The lowest BCUT2D eigenvalue weighted by molar-refractivity contribution is -0.142. The number of hydrogen-bond acceptors (Lipinski definition) is 3. The van der Waals surface area contributed by atoms with Gasteiger partial charge in [0.1, 0.15) is 5.82 Å². The number of aryl methyl sites for hydroxylation is 1. The van der Waals surface area contributed by atoms with E-state index in [1.807, 2.05) is 26.0 Å². The smallest absolute Gasteiger partial charge is 0.331 e. The lowest BCUT2D eigenvalue weighted by Crippen LogP contribution is -2.20. The fraction of sp³-hybridized carbons (Fsp3) is 0.158. The number of ether oxygens (including phenoxy) is 1. The van der Waals surface area contributed by atoms with Gasteiger partial charge in [-0.2, -0.15) is 0 Å². The number of rotatable bonds is 5. The molecule has 5 heteroatoms. The van der Waals surface area contributed by atoms with Crippen LogP contribution in [0.3, 0.4) is 0 Å². The van der Waals surface area contributed by atoms with Gasteiger partial charge in [0.25, 0.3) is 5.91 Å². The van der Waals surface area contributed by atoms with Crippen LogP contribution < -0.4 is 5.32 Å². The molecule has 0 atom stereocenters. The van der Waals surface area contributed by atoms with Gasteiger partial charge in [-0.05, 0) is 54.8 Å². The molecule has 4 nitrogen and oxygen atoms in total. The Morgan fingerprint density at radius 3 is 2.54 bits per heavy atom. The van der Waals surface area contributed by atoms with Crippen LogP contribution in [-0.2, 0) is 14.3 Å². The number of anilines is 1. The zero-order valence-electron chi connectivity index (χ0n) is 13.5. The van der Waals surface area contributed by atoms with E-state index in [2.05, 4.69) is 5.32 Å². The van der Waals surface area contributed by atoms with Crippen molar-refractivity contribution in [1.82, 2.24) is 0 Å². The summed E-state index contributed by atoms with van der Waals surface area (Å²) in [6.07, 6.45) is 2.68. The number of amides is 1. The highest BCUT2D eigenvalue weighted by Gasteiger charge is 2.08. The normalized spacial score (nSPS) is 10.6. The maximum atomic E-state index is 12.8. The Kier molecular flexibility index (Phi) is 5.84. The predicted molar refractivity (Wildman–Crippen MR) is 90.9 cm³/mol. The first-order chi connectivity index (χ1) is 11.5. The Bertz CT molecular complexity index is 767. The highest BCUT2D eigenvalue weighted by molar-refractivity contribution is 5.95. The van der Waals surface area contributed by atoms with Crippen molar-refractivity contribution >= 4 is 23.6 Å². The van der Waals surface area contributed by atoms with E-state index >= 15 is 0 Å². The maximum absolute atomic E-state index is 12.8. The van der Waals surface area contributed by atoms with E-state index in [0.29, 0.717) is 11.3 Å². The van der Waals surface area contributed by atoms with Gasteiger partial charge >= 0.3 is 5.97 Å². The third kappa shape index (κ3) is 5.05. The second-order valence-corrected chi connectivity index (χ2v) is 5.29. The van der Waals surface area contributed by atoms with Gasteiger partial charge in [0, 0.05) is 11.8 Å². The molecule has 0 aliphatic rings. The highest BCUT2D eigenvalue weighted by atomic mass is 19.1. The molecule has 0 aromatic heterocycles. The van der Waals surface area contributed by atoms with Gasteiger partial charge in [0.15, 0.2) is 6.61 Å². The number of carbonyl (C=O) groups excluding carboxylic acids is 2. The molecule has 0 saturated heterocycles. The van der Waals surface area contributed by atoms with Gasteiger partial charge in [0.2, 0.25) is 0 Å². The van der Waals surface area contributed by atoms with Crippen LogP contribution in [0.25, 0.3) is 6.08 Å². The summed E-state index contributed by atoms with van der Waals surface area (Å²) in [5, 5.41) is 2.70. The minimum atomic E-state index is -0.643. The SMILES string of the molecule is Cc1cccc(NC(=O)COC(=O)/C=C/c2ccc(F)cc2)c1C. The van der Waals surface area contributed by atoms with E-state index in [1.165, 1.54) is 36.4 Å². The molecule has 2 rings (SSSR count). The number of carbonyl (C=O) groups is 2. The van der Waals surface area contributed by atoms with Crippen LogP contribution in [0.15, 0.2) is 48.5 Å². The summed E-state index contributed by atoms with van der Waals surface area (Å²) in [7, 11) is 0. The van der Waals surface area contributed by atoms with Crippen LogP contribution in [0, 0.1) is 19.7 Å². The molecule has 0 spiro atoms. The standard InChI is InChI=1S/C19H18FNO3/c1-13-4-3-5-17(14(13)2)21-18(22)12-24-19(23)11-8-15-6-9-16(20)10-7-15/h3-11H,12H2,1-2H3,(H,21,22)/b11-8+. The first-order valence-electron chi connectivity index (χ1n) is 7.42. The van der Waals surface area contributed by atoms with Crippen molar-refractivity contribution in [3.63, 3.8) is 0 Å². The third-order valence-electron chi connectivity index (χ3n) is 3.51. The molecule has 0 fully saturated rings. The molecule has 0 radical (unpaired) electrons. The van der Waals surface area contributed by atoms with Crippen LogP contribution in [0.2, 0.25) is 0 Å². The fourth-order valence-electron chi connectivity index (χ4n) is 2.00. The first kappa shape index (κ1) is 17.4. The van der Waals surface area contributed by atoms with Crippen molar-refractivity contribution < 1.29 is 18.7 Å². The topological polar surface area (TPSA) is 55.4 Å². The Balaban J connectivity index is 1.84. The molecular weight excluding hydrogens is 309 g/mol. The molecule has 24 heavy (non-hydrogen) atoms. The lowest BCUT2D eigenvalue weighted by Gasteiger charge is -2.10. The van der Waals surface area contributed by atoms with Gasteiger partial charge in [-0.1, -0.05) is 24.3 Å². The zero-order chi connectivity index (χ0) is 17.5. The Hall–Kier alpha value is -2.95. The molecule has 124 valence electrons. The number of esters is 1. The van der Waals surface area contributed by atoms with E-state index < -0.39 is 11.9 Å². The second-order valence-electron chi connectivity index (χ2n) is 5.29. The van der Waals surface area contributed by atoms with Crippen molar-refractivity contribution in [3.8, 4) is 0 Å². The second kappa shape index (κ2) is 8.06. The summed E-state index contributed by atoms with van der Waals surface area (Å²) in [6.45, 7) is 3.48. The monoisotopic (exact) mass is 327 g/mol. The Labute approximate surface area is 140 Å². The highest BCUT2D eigenvalue weighted by Crippen LogP contribution is 2.17. The predicted octanol–water partition coefficient (Wildman–Crippen LogP) is 3.64. The average Bonchev–Trinajstić information content (AvgIpc) is 2.56. The van der Waals surface area contributed by atoms with Crippen molar-refractivity contribution in [3.05, 3.63) is 71.0 Å². The van der Waals surface area contributed by atoms with E-state index in [1.54, 1.807) is 6.07 Å². The van der Waals surface area contributed by atoms with E-state index in [4.69, 9.17) is 4.74 Å². The van der Waals surface area contributed by atoms with E-state index in [9.17, 15) is 14.0 Å². The van der Waals surface area contributed by atoms with Gasteiger partial charge in [-0.15, -0.1) is 0 Å². The van der Waals surface area contributed by atoms with Crippen LogP contribution in [-0.4, -0.2) is 18.5 Å². The summed E-state index contributed by atoms with van der Waals surface area (Å²) >= 11 is 0. The fourth-order valence-corrected chi connectivity index (χ4v) is 2.00. The lowest BCUT2D eigenvalue weighted by atomic mass is 10.1. The van der Waals surface area contributed by atoms with Crippen molar-refractivity contribution in [2.45, 2.75) is 13.8 Å². The summed E-state index contributed by atoms with van der Waals surface area (Å²) in [5.41, 5.74) is 3.38. The molecule has 0 heterocycles. The Morgan fingerprint density at radius 2 is 1.83 bits per heavy atom. The van der Waals surface area contributed by atoms with Crippen molar-refractivity contribution in [1.29, 1.82) is 0 Å². The number of nitrogens with one attached hydrogen (secondary N) is 1.